The first-order chi connectivity index (χ1) is 11.1. The van der Waals surface area contributed by atoms with E-state index in [4.69, 9.17) is 11.6 Å². The van der Waals surface area contributed by atoms with Gasteiger partial charge in [-0.25, -0.2) is 13.4 Å². The molecule has 3 heterocycles. The molecule has 0 bridgehead atoms. The smallest absolute Gasteiger partial charge is 0.239 e. The number of thiazole rings is 1. The summed E-state index contributed by atoms with van der Waals surface area (Å²) in [5, 5.41) is 0.870. The lowest BCUT2D eigenvalue weighted by molar-refractivity contribution is 0.397. The van der Waals surface area contributed by atoms with Crippen LogP contribution in [0.25, 0.3) is 10.2 Å². The van der Waals surface area contributed by atoms with Crippen LogP contribution in [0.5, 0.6) is 0 Å². The second kappa shape index (κ2) is 5.82. The van der Waals surface area contributed by atoms with Gasteiger partial charge in [0.1, 0.15) is 9.22 Å². The minimum Gasteiger partial charge on any atom is -0.239 e. The average Bonchev–Trinajstić information content (AvgIpc) is 3.25. The van der Waals surface area contributed by atoms with E-state index in [1.807, 2.05) is 24.3 Å². The summed E-state index contributed by atoms with van der Waals surface area (Å²) in [5.74, 6) is 0. The zero-order valence-electron chi connectivity index (χ0n) is 12.0. The van der Waals surface area contributed by atoms with Crippen molar-refractivity contribution < 1.29 is 8.42 Å². The normalized spacial score (nSPS) is 19.6. The van der Waals surface area contributed by atoms with Gasteiger partial charge >= 0.3 is 0 Å². The third kappa shape index (κ3) is 2.70. The molecule has 0 N–H and O–H groups in total. The fourth-order valence-electron chi connectivity index (χ4n) is 2.86. The largest absolute Gasteiger partial charge is 0.253 e. The summed E-state index contributed by atoms with van der Waals surface area (Å²) in [5.41, 5.74) is 0.927. The predicted molar refractivity (Wildman–Crippen MR) is 94.8 cm³/mol. The van der Waals surface area contributed by atoms with Crippen molar-refractivity contribution in [3.63, 3.8) is 0 Å². The van der Waals surface area contributed by atoms with Crippen LogP contribution in [0.15, 0.2) is 40.6 Å². The summed E-state index contributed by atoms with van der Waals surface area (Å²) >= 11 is 8.58. The molecule has 1 saturated heterocycles. The summed E-state index contributed by atoms with van der Waals surface area (Å²) < 4.78 is 29.3. The Hall–Kier alpha value is -0.990. The van der Waals surface area contributed by atoms with Crippen LogP contribution < -0.4 is 0 Å². The zero-order chi connectivity index (χ0) is 16.0. The molecule has 0 aliphatic carbocycles. The van der Waals surface area contributed by atoms with Crippen LogP contribution in [-0.4, -0.2) is 24.3 Å². The molecule has 1 aromatic carbocycles. The molecule has 1 aliphatic rings. The van der Waals surface area contributed by atoms with Crippen LogP contribution >= 0.6 is 34.3 Å². The van der Waals surface area contributed by atoms with Gasteiger partial charge in [-0.2, -0.15) is 4.31 Å². The molecular formula is C15H13ClN2O2S3. The summed E-state index contributed by atoms with van der Waals surface area (Å²) in [7, 11) is -3.52. The number of para-hydroxylation sites is 1. The van der Waals surface area contributed by atoms with E-state index < -0.39 is 10.0 Å². The third-order valence-electron chi connectivity index (χ3n) is 3.91. The third-order valence-corrected chi connectivity index (χ3v) is 8.66. The van der Waals surface area contributed by atoms with Crippen molar-refractivity contribution in [2.24, 2.45) is 0 Å². The molecular weight excluding hydrogens is 372 g/mol. The Balaban J connectivity index is 1.74. The van der Waals surface area contributed by atoms with E-state index in [1.165, 1.54) is 0 Å². The number of halogens is 1. The SMILES string of the molecule is O=S(=O)(c1ccc(Cl)s1)N1CCC[C@@H]1c1nc2ccccc2s1. The number of fused-ring (bicyclic) bond motifs is 1. The molecule has 0 saturated carbocycles. The van der Waals surface area contributed by atoms with E-state index >= 15 is 0 Å². The fraction of sp³-hybridized carbons (Fsp3) is 0.267. The van der Waals surface area contributed by atoms with Crippen LogP contribution in [0.2, 0.25) is 4.34 Å². The number of hydrogen-bond donors (Lipinski definition) is 0. The second-order valence-corrected chi connectivity index (χ2v) is 10.2. The highest BCUT2D eigenvalue weighted by Crippen LogP contribution is 2.41. The lowest BCUT2D eigenvalue weighted by atomic mass is 10.2. The van der Waals surface area contributed by atoms with Crippen LogP contribution in [0.1, 0.15) is 23.9 Å². The van der Waals surface area contributed by atoms with Gasteiger partial charge in [-0.1, -0.05) is 23.7 Å². The zero-order valence-corrected chi connectivity index (χ0v) is 15.2. The van der Waals surface area contributed by atoms with E-state index in [-0.39, 0.29) is 6.04 Å². The monoisotopic (exact) mass is 384 g/mol. The first kappa shape index (κ1) is 15.5. The summed E-state index contributed by atoms with van der Waals surface area (Å²) in [4.78, 5) is 4.65. The highest BCUT2D eigenvalue weighted by molar-refractivity contribution is 7.91. The number of benzene rings is 1. The van der Waals surface area contributed by atoms with Gasteiger partial charge in [-0.3, -0.25) is 0 Å². The molecule has 0 radical (unpaired) electrons. The van der Waals surface area contributed by atoms with Gasteiger partial charge in [0.15, 0.2) is 0 Å². The van der Waals surface area contributed by atoms with Crippen molar-refractivity contribution >= 4 is 54.5 Å². The van der Waals surface area contributed by atoms with Crippen molar-refractivity contribution in [3.8, 4) is 0 Å². The van der Waals surface area contributed by atoms with E-state index in [1.54, 1.807) is 27.8 Å². The van der Waals surface area contributed by atoms with E-state index in [2.05, 4.69) is 4.98 Å². The molecule has 23 heavy (non-hydrogen) atoms. The lowest BCUT2D eigenvalue weighted by Gasteiger charge is -2.21. The van der Waals surface area contributed by atoms with Crippen LogP contribution in [0, 0.1) is 0 Å². The molecule has 0 spiro atoms. The number of thiophene rings is 1. The van der Waals surface area contributed by atoms with Gasteiger partial charge in [-0.15, -0.1) is 22.7 Å². The maximum atomic E-state index is 12.9. The Morgan fingerprint density at radius 1 is 1.17 bits per heavy atom. The van der Waals surface area contributed by atoms with Crippen LogP contribution in [0.4, 0.5) is 0 Å². The van der Waals surface area contributed by atoms with Crippen molar-refractivity contribution in [1.29, 1.82) is 0 Å². The molecule has 4 nitrogen and oxygen atoms in total. The Bertz CT molecular complexity index is 931. The van der Waals surface area contributed by atoms with Crippen molar-refractivity contribution in [3.05, 3.63) is 45.7 Å². The van der Waals surface area contributed by atoms with Crippen molar-refractivity contribution in [1.82, 2.24) is 9.29 Å². The van der Waals surface area contributed by atoms with Gasteiger partial charge in [0.25, 0.3) is 10.0 Å². The molecule has 0 amide bonds. The first-order valence-corrected chi connectivity index (χ1v) is 10.6. The molecule has 1 fully saturated rings. The minimum absolute atomic E-state index is 0.182. The number of rotatable bonds is 3. The standard InChI is InChI=1S/C15H13ClN2O2S3/c16-13-7-8-14(22-13)23(19,20)18-9-3-5-11(18)15-17-10-4-1-2-6-12(10)21-15/h1-2,4,6-8,11H,3,5,9H2/t11-/m1/s1. The van der Waals surface area contributed by atoms with Crippen molar-refractivity contribution in [2.75, 3.05) is 6.54 Å². The van der Waals surface area contributed by atoms with Crippen LogP contribution in [0.3, 0.4) is 0 Å². The number of hydrogen-bond acceptors (Lipinski definition) is 5. The molecule has 3 aromatic rings. The average molecular weight is 385 g/mol. The molecule has 0 unspecified atom stereocenters. The summed E-state index contributed by atoms with van der Waals surface area (Å²) in [6.45, 7) is 0.526. The van der Waals surface area contributed by atoms with Gasteiger partial charge in [0.05, 0.1) is 20.6 Å². The lowest BCUT2D eigenvalue weighted by Crippen LogP contribution is -2.30. The Kier molecular flexibility index (Phi) is 3.93. The Labute approximate surface area is 147 Å². The number of aromatic nitrogens is 1. The van der Waals surface area contributed by atoms with Crippen molar-refractivity contribution in [2.45, 2.75) is 23.1 Å². The predicted octanol–water partition coefficient (Wildman–Crippen LogP) is 4.54. The molecule has 1 aliphatic heterocycles. The highest BCUT2D eigenvalue weighted by Gasteiger charge is 2.38. The first-order valence-electron chi connectivity index (χ1n) is 7.18. The molecule has 8 heteroatoms. The van der Waals surface area contributed by atoms with Crippen LogP contribution in [-0.2, 0) is 10.0 Å². The quantitative estimate of drug-likeness (QED) is 0.666. The van der Waals surface area contributed by atoms with E-state index in [0.717, 1.165) is 39.4 Å². The topological polar surface area (TPSA) is 50.3 Å². The maximum Gasteiger partial charge on any atom is 0.253 e. The summed E-state index contributed by atoms with van der Waals surface area (Å²) in [6, 6.07) is 10.9. The fourth-order valence-corrected chi connectivity index (χ4v) is 7.31. The van der Waals surface area contributed by atoms with Gasteiger partial charge < -0.3 is 0 Å². The van der Waals surface area contributed by atoms with Gasteiger partial charge in [0.2, 0.25) is 0 Å². The minimum atomic E-state index is -3.52. The van der Waals surface area contributed by atoms with E-state index in [0.29, 0.717) is 15.1 Å². The molecule has 2 aromatic heterocycles. The van der Waals surface area contributed by atoms with Gasteiger partial charge in [0, 0.05) is 6.54 Å². The van der Waals surface area contributed by atoms with Gasteiger partial charge in [-0.05, 0) is 37.1 Å². The molecule has 1 atom stereocenters. The Morgan fingerprint density at radius 3 is 2.74 bits per heavy atom. The number of sulfonamides is 1. The summed E-state index contributed by atoms with van der Waals surface area (Å²) in [6.07, 6.45) is 1.65. The number of nitrogens with zero attached hydrogens (tertiary/aromatic N) is 2. The maximum absolute atomic E-state index is 12.9. The Morgan fingerprint density at radius 2 is 2.00 bits per heavy atom. The molecule has 4 rings (SSSR count). The molecule has 120 valence electrons. The highest BCUT2D eigenvalue weighted by atomic mass is 35.5. The van der Waals surface area contributed by atoms with E-state index in [9.17, 15) is 8.42 Å². The second-order valence-electron chi connectivity index (χ2n) is 5.35.